The molecule has 27 heavy (non-hydrogen) atoms. The molecule has 1 amide bonds. The highest BCUT2D eigenvalue weighted by Gasteiger charge is 2.05. The third kappa shape index (κ3) is 7.74. The third-order valence-corrected chi connectivity index (χ3v) is 4.95. The molecule has 144 valence electrons. The number of amides is 1. The summed E-state index contributed by atoms with van der Waals surface area (Å²) in [6, 6.07) is 15.5. The number of rotatable bonds is 10. The molecule has 2 aromatic rings. The van der Waals surface area contributed by atoms with Crippen molar-refractivity contribution < 1.29 is 19.4 Å². The van der Waals surface area contributed by atoms with Crippen molar-refractivity contribution in [1.29, 1.82) is 0 Å². The van der Waals surface area contributed by atoms with Gasteiger partial charge < -0.3 is 15.2 Å². The zero-order valence-corrected chi connectivity index (χ0v) is 16.4. The van der Waals surface area contributed by atoms with Crippen molar-refractivity contribution in [1.82, 2.24) is 5.32 Å². The minimum atomic E-state index is -1.00. The van der Waals surface area contributed by atoms with Gasteiger partial charge >= 0.3 is 5.97 Å². The van der Waals surface area contributed by atoms with Crippen LogP contribution in [0.4, 0.5) is 0 Å². The Hall–Kier alpha value is -2.47. The second kappa shape index (κ2) is 10.6. The van der Waals surface area contributed by atoms with E-state index in [1.807, 2.05) is 12.1 Å². The summed E-state index contributed by atoms with van der Waals surface area (Å²) in [5, 5.41) is 11.5. The Labute approximate surface area is 164 Å². The number of aliphatic carboxylic acids is 1. The van der Waals surface area contributed by atoms with Crippen molar-refractivity contribution >= 4 is 23.6 Å². The van der Waals surface area contributed by atoms with E-state index in [0.717, 1.165) is 10.5 Å². The van der Waals surface area contributed by atoms with Crippen LogP contribution in [0.2, 0.25) is 0 Å². The third-order valence-electron chi connectivity index (χ3n) is 3.94. The van der Waals surface area contributed by atoms with Crippen molar-refractivity contribution in [2.75, 3.05) is 18.9 Å². The van der Waals surface area contributed by atoms with Gasteiger partial charge in [0, 0.05) is 11.4 Å². The summed E-state index contributed by atoms with van der Waals surface area (Å²) >= 11 is 1.53. The van der Waals surface area contributed by atoms with Gasteiger partial charge in [0.15, 0.2) is 6.61 Å². The van der Waals surface area contributed by atoms with Crippen molar-refractivity contribution in [2.24, 2.45) is 0 Å². The number of thioether (sulfide) groups is 1. The minimum Gasteiger partial charge on any atom is -0.482 e. The van der Waals surface area contributed by atoms with Crippen molar-refractivity contribution in [2.45, 2.75) is 31.1 Å². The molecular formula is C21H25NO4S. The Morgan fingerprint density at radius 2 is 1.74 bits per heavy atom. The van der Waals surface area contributed by atoms with Gasteiger partial charge in [0.25, 0.3) is 0 Å². The number of nitrogens with one attached hydrogen (secondary N) is 1. The molecular weight excluding hydrogens is 362 g/mol. The standard InChI is InChI=1S/C21H25NO4S/c1-15(2)17-5-9-19(10-6-17)27-14-20(23)22-12-11-16-3-7-18(8-4-16)26-13-21(24)25/h3-10,15H,11-14H2,1-2H3,(H,22,23)(H,24,25). The summed E-state index contributed by atoms with van der Waals surface area (Å²) in [5.41, 5.74) is 2.35. The molecule has 0 aromatic heterocycles. The molecule has 0 spiro atoms. The van der Waals surface area contributed by atoms with Gasteiger partial charge in [0.1, 0.15) is 5.75 Å². The van der Waals surface area contributed by atoms with Gasteiger partial charge in [-0.05, 0) is 47.7 Å². The maximum atomic E-state index is 12.0. The lowest BCUT2D eigenvalue weighted by molar-refractivity contribution is -0.139. The summed E-state index contributed by atoms with van der Waals surface area (Å²) in [6.45, 7) is 4.52. The molecule has 5 nitrogen and oxygen atoms in total. The lowest BCUT2D eigenvalue weighted by atomic mass is 10.0. The molecule has 0 aliphatic heterocycles. The van der Waals surface area contributed by atoms with Gasteiger partial charge in [-0.15, -0.1) is 11.8 Å². The summed E-state index contributed by atoms with van der Waals surface area (Å²) < 4.78 is 5.09. The largest absolute Gasteiger partial charge is 0.482 e. The maximum Gasteiger partial charge on any atom is 0.341 e. The molecule has 2 aromatic carbocycles. The molecule has 0 heterocycles. The first-order valence-corrected chi connectivity index (χ1v) is 9.85. The van der Waals surface area contributed by atoms with E-state index < -0.39 is 5.97 Å². The van der Waals surface area contributed by atoms with Gasteiger partial charge in [-0.2, -0.15) is 0 Å². The summed E-state index contributed by atoms with van der Waals surface area (Å²) in [4.78, 5) is 23.5. The van der Waals surface area contributed by atoms with Crippen LogP contribution >= 0.6 is 11.8 Å². The predicted octanol–water partition coefficient (Wildman–Crippen LogP) is 3.72. The van der Waals surface area contributed by atoms with E-state index in [-0.39, 0.29) is 12.5 Å². The summed E-state index contributed by atoms with van der Waals surface area (Å²) in [6.07, 6.45) is 0.707. The molecule has 0 fully saturated rings. The van der Waals surface area contributed by atoms with Crippen molar-refractivity contribution in [3.8, 4) is 5.75 Å². The molecule has 0 saturated heterocycles. The first-order chi connectivity index (χ1) is 12.9. The fourth-order valence-electron chi connectivity index (χ4n) is 2.39. The SMILES string of the molecule is CC(C)c1ccc(SCC(=O)NCCc2ccc(OCC(=O)O)cc2)cc1. The van der Waals surface area contributed by atoms with Crippen LogP contribution in [0, 0.1) is 0 Å². The molecule has 2 N–H and O–H groups in total. The lowest BCUT2D eigenvalue weighted by Gasteiger charge is -2.08. The molecule has 0 saturated carbocycles. The summed E-state index contributed by atoms with van der Waals surface area (Å²) in [5.74, 6) is 0.420. The quantitative estimate of drug-likeness (QED) is 0.608. The molecule has 2 rings (SSSR count). The molecule has 0 aliphatic carbocycles. The van der Waals surface area contributed by atoms with E-state index >= 15 is 0 Å². The Balaban J connectivity index is 1.67. The monoisotopic (exact) mass is 387 g/mol. The van der Waals surface area contributed by atoms with E-state index in [4.69, 9.17) is 9.84 Å². The molecule has 0 bridgehead atoms. The summed E-state index contributed by atoms with van der Waals surface area (Å²) in [7, 11) is 0. The molecule has 0 unspecified atom stereocenters. The molecule has 6 heteroatoms. The highest BCUT2D eigenvalue weighted by atomic mass is 32.2. The van der Waals surface area contributed by atoms with Crippen LogP contribution in [0.25, 0.3) is 0 Å². The van der Waals surface area contributed by atoms with Crippen LogP contribution in [-0.4, -0.2) is 35.9 Å². The van der Waals surface area contributed by atoms with Gasteiger partial charge in [-0.1, -0.05) is 38.1 Å². The normalized spacial score (nSPS) is 10.6. The average Bonchev–Trinajstić information content (AvgIpc) is 2.66. The first-order valence-electron chi connectivity index (χ1n) is 8.87. The van der Waals surface area contributed by atoms with E-state index in [9.17, 15) is 9.59 Å². The van der Waals surface area contributed by atoms with E-state index in [1.54, 1.807) is 12.1 Å². The highest BCUT2D eigenvalue weighted by Crippen LogP contribution is 2.21. The molecule has 0 aliphatic rings. The average molecular weight is 388 g/mol. The van der Waals surface area contributed by atoms with Gasteiger partial charge in [0.2, 0.25) is 5.91 Å². The van der Waals surface area contributed by atoms with E-state index in [2.05, 4.69) is 43.4 Å². The van der Waals surface area contributed by atoms with E-state index in [1.165, 1.54) is 17.3 Å². The van der Waals surface area contributed by atoms with E-state index in [0.29, 0.717) is 30.4 Å². The second-order valence-electron chi connectivity index (χ2n) is 6.44. The van der Waals surface area contributed by atoms with Crippen LogP contribution in [-0.2, 0) is 16.0 Å². The number of carbonyl (C=O) groups is 2. The van der Waals surface area contributed by atoms with Crippen molar-refractivity contribution in [3.63, 3.8) is 0 Å². The number of hydrogen-bond donors (Lipinski definition) is 2. The lowest BCUT2D eigenvalue weighted by Crippen LogP contribution is -2.27. The predicted molar refractivity (Wildman–Crippen MR) is 108 cm³/mol. The number of carboxylic acid groups (broad SMARTS) is 1. The fraction of sp³-hybridized carbons (Fsp3) is 0.333. The number of benzene rings is 2. The Morgan fingerprint density at radius 3 is 2.33 bits per heavy atom. The van der Waals surface area contributed by atoms with Gasteiger partial charge in [0.05, 0.1) is 5.75 Å². The Bertz CT molecular complexity index is 742. The number of ether oxygens (including phenoxy) is 1. The second-order valence-corrected chi connectivity index (χ2v) is 7.49. The zero-order chi connectivity index (χ0) is 19.6. The maximum absolute atomic E-state index is 12.0. The smallest absolute Gasteiger partial charge is 0.341 e. The number of carboxylic acids is 1. The topological polar surface area (TPSA) is 75.6 Å². The van der Waals surface area contributed by atoms with Crippen LogP contribution in [0.5, 0.6) is 5.75 Å². The van der Waals surface area contributed by atoms with Gasteiger partial charge in [-0.25, -0.2) is 4.79 Å². The molecule has 0 radical (unpaired) electrons. The number of hydrogen-bond acceptors (Lipinski definition) is 4. The van der Waals surface area contributed by atoms with Crippen molar-refractivity contribution in [3.05, 3.63) is 59.7 Å². The fourth-order valence-corrected chi connectivity index (χ4v) is 3.12. The Kier molecular flexibility index (Phi) is 8.20. The number of carbonyl (C=O) groups excluding carboxylic acids is 1. The molecule has 0 atom stereocenters. The zero-order valence-electron chi connectivity index (χ0n) is 15.6. The Morgan fingerprint density at radius 1 is 1.07 bits per heavy atom. The van der Waals surface area contributed by atoms with Crippen LogP contribution in [0.1, 0.15) is 30.9 Å². The van der Waals surface area contributed by atoms with Crippen LogP contribution < -0.4 is 10.1 Å². The first kappa shape index (κ1) is 20.8. The van der Waals surface area contributed by atoms with Crippen LogP contribution in [0.3, 0.4) is 0 Å². The van der Waals surface area contributed by atoms with Gasteiger partial charge in [-0.3, -0.25) is 4.79 Å². The van der Waals surface area contributed by atoms with Crippen LogP contribution in [0.15, 0.2) is 53.4 Å². The minimum absolute atomic E-state index is 0.00866. The highest BCUT2D eigenvalue weighted by molar-refractivity contribution is 8.00.